The summed E-state index contributed by atoms with van der Waals surface area (Å²) in [6.07, 6.45) is 0. The minimum atomic E-state index is -4.44. The van der Waals surface area contributed by atoms with E-state index < -0.39 is 16.1 Å². The van der Waals surface area contributed by atoms with E-state index >= 15 is 0 Å². The van der Waals surface area contributed by atoms with E-state index in [9.17, 15) is 9.13 Å². The molecule has 0 saturated heterocycles. The summed E-state index contributed by atoms with van der Waals surface area (Å²) in [5.74, 6) is -0.0762. The Morgan fingerprint density at radius 2 is 2.18 bits per heavy atom. The van der Waals surface area contributed by atoms with Gasteiger partial charge in [-0.05, 0) is 6.92 Å². The van der Waals surface area contributed by atoms with E-state index in [1.807, 2.05) is 0 Å². The fourth-order valence-corrected chi connectivity index (χ4v) is 1.54. The number of phosphoric acid groups is 1. The molecule has 0 aliphatic rings. The highest BCUT2D eigenvalue weighted by Gasteiger charge is 2.35. The van der Waals surface area contributed by atoms with Crippen molar-refractivity contribution in [2.45, 2.75) is 6.92 Å². The van der Waals surface area contributed by atoms with Crippen molar-refractivity contribution in [3.63, 3.8) is 0 Å². The van der Waals surface area contributed by atoms with Crippen LogP contribution in [0.25, 0.3) is 0 Å². The Morgan fingerprint density at radius 3 is 2.45 bits per heavy atom. The molecule has 0 heterocycles. The van der Waals surface area contributed by atoms with E-state index in [1.54, 1.807) is 0 Å². The Balaban J connectivity index is 4.12. The second kappa shape index (κ2) is 3.95. The summed E-state index contributed by atoms with van der Waals surface area (Å²) in [5.41, 5.74) is 0. The summed E-state index contributed by atoms with van der Waals surface area (Å²) in [6.45, 7) is 4.44. The molecule has 11 heavy (non-hydrogen) atoms. The zero-order valence-corrected chi connectivity index (χ0v) is 7.42. The van der Waals surface area contributed by atoms with Gasteiger partial charge in [0, 0.05) is 8.88 Å². The van der Waals surface area contributed by atoms with Crippen LogP contribution in [0.15, 0.2) is 12.3 Å². The molecular formula is C3H7O6P2+. The highest BCUT2D eigenvalue weighted by atomic mass is 31.2. The molecule has 8 heteroatoms. The van der Waals surface area contributed by atoms with Crippen LogP contribution in [0.2, 0.25) is 0 Å². The first-order valence-corrected chi connectivity index (χ1v) is 5.00. The number of rotatable bonds is 4. The number of phosphoric ester groups is 1. The van der Waals surface area contributed by atoms with Gasteiger partial charge in [-0.2, -0.15) is 0 Å². The van der Waals surface area contributed by atoms with Gasteiger partial charge in [0.1, 0.15) is 0 Å². The van der Waals surface area contributed by atoms with Gasteiger partial charge < -0.3 is 4.52 Å². The predicted octanol–water partition coefficient (Wildman–Crippen LogP) is 1.30. The Morgan fingerprint density at radius 1 is 1.73 bits per heavy atom. The molecule has 2 N–H and O–H groups in total. The average molecular weight is 201 g/mol. The second-order valence-corrected chi connectivity index (χ2v) is 3.83. The van der Waals surface area contributed by atoms with Gasteiger partial charge in [-0.1, -0.05) is 6.58 Å². The Hall–Kier alpha value is -0.250. The normalized spacial score (nSPS) is 16.8. The van der Waals surface area contributed by atoms with E-state index in [4.69, 9.17) is 9.79 Å². The number of hydrogen-bond donors (Lipinski definition) is 2. The van der Waals surface area contributed by atoms with Gasteiger partial charge in [-0.3, -0.25) is 4.89 Å². The predicted molar refractivity (Wildman–Crippen MR) is 36.6 cm³/mol. The minimum absolute atomic E-state index is 0.0762. The summed E-state index contributed by atoms with van der Waals surface area (Å²) in [7, 11) is -7.59. The Bertz CT molecular complexity index is 202. The lowest BCUT2D eigenvalue weighted by atomic mass is 10.7. The summed E-state index contributed by atoms with van der Waals surface area (Å²) in [4.78, 5) is 16.6. The molecule has 0 aromatic carbocycles. The molecule has 0 radical (unpaired) electrons. The molecule has 0 aliphatic heterocycles. The van der Waals surface area contributed by atoms with E-state index in [-0.39, 0.29) is 5.76 Å². The van der Waals surface area contributed by atoms with E-state index in [2.05, 4.69) is 15.4 Å². The average Bonchev–Trinajstić information content (AvgIpc) is 1.53. The van der Waals surface area contributed by atoms with E-state index in [0.29, 0.717) is 0 Å². The molecular weight excluding hydrogens is 194 g/mol. The van der Waals surface area contributed by atoms with Crippen LogP contribution in [0.4, 0.5) is 0 Å². The molecule has 0 bridgehead atoms. The SMILES string of the molecule is C=C(C)OP(=O)(O)O[P+](=O)O. The minimum Gasteiger partial charge on any atom is -0.407 e. The zero-order chi connectivity index (χ0) is 9.07. The van der Waals surface area contributed by atoms with Crippen molar-refractivity contribution in [2.75, 3.05) is 0 Å². The fraction of sp³-hybridized carbons (Fsp3) is 0.333. The van der Waals surface area contributed by atoms with Crippen molar-refractivity contribution in [1.29, 1.82) is 0 Å². The second-order valence-electron chi connectivity index (χ2n) is 1.58. The van der Waals surface area contributed by atoms with Crippen molar-refractivity contribution in [2.24, 2.45) is 0 Å². The smallest absolute Gasteiger partial charge is 0.407 e. The number of hydrogen-bond acceptors (Lipinski definition) is 4. The van der Waals surface area contributed by atoms with Gasteiger partial charge in [0.15, 0.2) is 0 Å². The van der Waals surface area contributed by atoms with Gasteiger partial charge in [0.2, 0.25) is 0 Å². The highest BCUT2D eigenvalue weighted by molar-refractivity contribution is 7.55. The lowest BCUT2D eigenvalue weighted by Gasteiger charge is -2.03. The lowest BCUT2D eigenvalue weighted by Crippen LogP contribution is -1.86. The van der Waals surface area contributed by atoms with Crippen LogP contribution in [-0.2, 0) is 18.0 Å². The largest absolute Gasteiger partial charge is 0.706 e. The maximum absolute atomic E-state index is 10.5. The van der Waals surface area contributed by atoms with Crippen LogP contribution < -0.4 is 0 Å². The molecule has 0 rings (SSSR count). The van der Waals surface area contributed by atoms with Crippen LogP contribution in [0.1, 0.15) is 6.92 Å². The topological polar surface area (TPSA) is 93.1 Å². The first-order valence-electron chi connectivity index (χ1n) is 2.37. The molecule has 2 unspecified atom stereocenters. The van der Waals surface area contributed by atoms with Gasteiger partial charge in [0.25, 0.3) is 0 Å². The molecule has 0 spiro atoms. The van der Waals surface area contributed by atoms with Gasteiger partial charge in [-0.25, -0.2) is 4.57 Å². The molecule has 64 valence electrons. The first-order chi connectivity index (χ1) is 4.83. The van der Waals surface area contributed by atoms with Crippen molar-refractivity contribution in [3.8, 4) is 0 Å². The Labute approximate surface area is 64.0 Å². The molecule has 0 amide bonds. The fourth-order valence-electron chi connectivity index (χ4n) is 0.302. The van der Waals surface area contributed by atoms with E-state index in [0.717, 1.165) is 0 Å². The van der Waals surface area contributed by atoms with Gasteiger partial charge in [0.05, 0.1) is 5.76 Å². The zero-order valence-electron chi connectivity index (χ0n) is 5.63. The van der Waals surface area contributed by atoms with Crippen LogP contribution in [0.3, 0.4) is 0 Å². The summed E-state index contributed by atoms with van der Waals surface area (Å²) < 4.78 is 28.2. The van der Waals surface area contributed by atoms with Crippen LogP contribution >= 0.6 is 16.1 Å². The van der Waals surface area contributed by atoms with Crippen LogP contribution in [-0.4, -0.2) is 9.79 Å². The van der Waals surface area contributed by atoms with Gasteiger partial charge >= 0.3 is 16.1 Å². The Kier molecular flexibility index (Phi) is 3.86. The maximum atomic E-state index is 10.5. The van der Waals surface area contributed by atoms with Crippen LogP contribution in [0.5, 0.6) is 0 Å². The van der Waals surface area contributed by atoms with Gasteiger partial charge in [-0.15, -0.1) is 4.89 Å². The highest BCUT2D eigenvalue weighted by Crippen LogP contribution is 2.51. The maximum Gasteiger partial charge on any atom is 0.706 e. The van der Waals surface area contributed by atoms with Crippen molar-refractivity contribution >= 4 is 16.1 Å². The third-order valence-corrected chi connectivity index (χ3v) is 2.37. The molecule has 6 nitrogen and oxygen atoms in total. The summed E-state index contributed by atoms with van der Waals surface area (Å²) in [5, 5.41) is 0. The van der Waals surface area contributed by atoms with Crippen molar-refractivity contribution in [1.82, 2.24) is 0 Å². The van der Waals surface area contributed by atoms with Crippen molar-refractivity contribution in [3.05, 3.63) is 12.3 Å². The summed E-state index contributed by atoms with van der Waals surface area (Å²) >= 11 is 0. The summed E-state index contributed by atoms with van der Waals surface area (Å²) in [6, 6.07) is 0. The number of allylic oxidation sites excluding steroid dienone is 1. The quantitative estimate of drug-likeness (QED) is 0.525. The third-order valence-electron chi connectivity index (χ3n) is 0.444. The van der Waals surface area contributed by atoms with E-state index in [1.165, 1.54) is 6.92 Å². The van der Waals surface area contributed by atoms with Crippen molar-refractivity contribution < 1.29 is 27.8 Å². The standard InChI is InChI=1S/C3H6O6P2/c1-3(2)8-11(6,7)9-10(4)5/h1H2,2H3,(H-,4,5,6,7)/p+1. The molecule has 0 aliphatic carbocycles. The third kappa shape index (κ3) is 6.16. The molecule has 0 fully saturated rings. The van der Waals surface area contributed by atoms with Crippen LogP contribution in [0, 0.1) is 0 Å². The molecule has 2 atom stereocenters. The lowest BCUT2D eigenvalue weighted by molar-refractivity contribution is 0.244. The molecule has 0 saturated carbocycles. The molecule has 0 aromatic heterocycles. The molecule has 0 aromatic rings. The first kappa shape index (κ1) is 10.8. The monoisotopic (exact) mass is 201 g/mol.